The second kappa shape index (κ2) is 4.65. The first-order valence-electron chi connectivity index (χ1n) is 5.05. The van der Waals surface area contributed by atoms with Crippen LogP contribution >= 0.6 is 0 Å². The van der Waals surface area contributed by atoms with Gasteiger partial charge in [0.15, 0.2) is 0 Å². The van der Waals surface area contributed by atoms with Crippen molar-refractivity contribution < 1.29 is 0 Å². The number of hydrogen-bond donors (Lipinski definition) is 0. The van der Waals surface area contributed by atoms with Crippen molar-refractivity contribution in [3.63, 3.8) is 0 Å². The van der Waals surface area contributed by atoms with Crippen molar-refractivity contribution in [2.75, 3.05) is 0 Å². The van der Waals surface area contributed by atoms with E-state index < -0.39 is 0 Å². The first-order chi connectivity index (χ1) is 6.92. The molecule has 0 saturated carbocycles. The van der Waals surface area contributed by atoms with Gasteiger partial charge in [0.1, 0.15) is 0 Å². The molecule has 1 heteroatoms. The van der Waals surface area contributed by atoms with Crippen LogP contribution in [0.25, 0.3) is 11.1 Å². The third-order valence-electron chi connectivity index (χ3n) is 2.48. The molecule has 0 fully saturated rings. The maximum absolute atomic E-state index is 2.25. The van der Waals surface area contributed by atoms with Crippen molar-refractivity contribution in [1.29, 1.82) is 0 Å². The molecule has 0 N–H and O–H groups in total. The van der Waals surface area contributed by atoms with Crippen molar-refractivity contribution in [2.24, 2.45) is 0 Å². The van der Waals surface area contributed by atoms with Gasteiger partial charge in [0, 0.05) is 0 Å². The Morgan fingerprint density at radius 2 is 1.43 bits per heavy atom. The number of hydrogen-bond acceptors (Lipinski definition) is 0. The summed E-state index contributed by atoms with van der Waals surface area (Å²) in [6.07, 6.45) is 0. The predicted molar refractivity (Wildman–Crippen MR) is 65.5 cm³/mol. The van der Waals surface area contributed by atoms with Crippen LogP contribution in [0.4, 0.5) is 0 Å². The SMILES string of the molecule is [SnH3][CH2]c1ccccc1-c1ccccc1. The van der Waals surface area contributed by atoms with E-state index in [0.29, 0.717) is 0 Å². The molecule has 2 aromatic rings. The van der Waals surface area contributed by atoms with Gasteiger partial charge in [-0.15, -0.1) is 0 Å². The average molecular weight is 289 g/mol. The topological polar surface area (TPSA) is 0 Å². The third kappa shape index (κ3) is 2.01. The van der Waals surface area contributed by atoms with Gasteiger partial charge >= 0.3 is 98.2 Å². The second-order valence-corrected chi connectivity index (χ2v) is 5.39. The minimum atomic E-state index is 0.730. The zero-order valence-corrected chi connectivity index (χ0v) is 14.1. The summed E-state index contributed by atoms with van der Waals surface area (Å²) in [6.45, 7) is 0. The van der Waals surface area contributed by atoms with Crippen molar-refractivity contribution >= 4 is 22.5 Å². The molecular weight excluding hydrogens is 275 g/mol. The van der Waals surface area contributed by atoms with Crippen molar-refractivity contribution in [3.05, 3.63) is 60.2 Å². The molecule has 14 heavy (non-hydrogen) atoms. The van der Waals surface area contributed by atoms with Crippen LogP contribution in [-0.4, -0.2) is 22.5 Å². The fourth-order valence-electron chi connectivity index (χ4n) is 1.73. The summed E-state index contributed by atoms with van der Waals surface area (Å²) < 4.78 is 1.30. The molecular formula is C13H14Sn. The Labute approximate surface area is 98.1 Å². The van der Waals surface area contributed by atoms with E-state index in [2.05, 4.69) is 54.6 Å². The Morgan fingerprint density at radius 1 is 0.786 bits per heavy atom. The fourth-order valence-corrected chi connectivity index (χ4v) is 3.49. The van der Waals surface area contributed by atoms with E-state index in [-0.39, 0.29) is 0 Å². The Kier molecular flexibility index (Phi) is 3.25. The van der Waals surface area contributed by atoms with Gasteiger partial charge < -0.3 is 0 Å². The molecule has 0 nitrogen and oxygen atoms in total. The van der Waals surface area contributed by atoms with Gasteiger partial charge in [-0.25, -0.2) is 0 Å². The van der Waals surface area contributed by atoms with E-state index >= 15 is 0 Å². The molecule has 0 aliphatic carbocycles. The van der Waals surface area contributed by atoms with Crippen LogP contribution in [0.15, 0.2) is 54.6 Å². The molecule has 0 aliphatic rings. The summed E-state index contributed by atoms with van der Waals surface area (Å²) >= 11 is 0.730. The van der Waals surface area contributed by atoms with Gasteiger partial charge in [0.25, 0.3) is 0 Å². The summed E-state index contributed by atoms with van der Waals surface area (Å²) in [5.74, 6) is 0. The van der Waals surface area contributed by atoms with Crippen molar-refractivity contribution in [1.82, 2.24) is 0 Å². The monoisotopic (exact) mass is 290 g/mol. The second-order valence-electron chi connectivity index (χ2n) is 3.38. The van der Waals surface area contributed by atoms with Gasteiger partial charge in [-0.3, -0.25) is 0 Å². The molecule has 0 amide bonds. The average Bonchev–Trinajstić information content (AvgIpc) is 2.30. The molecule has 2 aromatic carbocycles. The third-order valence-corrected chi connectivity index (χ3v) is 4.66. The normalized spacial score (nSPS) is 10.3. The van der Waals surface area contributed by atoms with Gasteiger partial charge in [-0.05, 0) is 0 Å². The molecule has 0 heterocycles. The molecule has 0 spiro atoms. The van der Waals surface area contributed by atoms with Crippen LogP contribution in [0.1, 0.15) is 5.56 Å². The summed E-state index contributed by atoms with van der Waals surface area (Å²) in [7, 11) is 0. The van der Waals surface area contributed by atoms with Crippen LogP contribution in [0, 0.1) is 0 Å². The molecule has 0 atom stereocenters. The molecule has 2 rings (SSSR count). The van der Waals surface area contributed by atoms with Crippen molar-refractivity contribution in [2.45, 2.75) is 4.44 Å². The molecule has 0 bridgehead atoms. The maximum atomic E-state index is 2.25. The van der Waals surface area contributed by atoms with Gasteiger partial charge in [0.2, 0.25) is 0 Å². The van der Waals surface area contributed by atoms with E-state index in [4.69, 9.17) is 0 Å². The zero-order chi connectivity index (χ0) is 9.80. The molecule has 0 unspecified atom stereocenters. The van der Waals surface area contributed by atoms with Crippen molar-refractivity contribution in [3.8, 4) is 11.1 Å². The molecule has 0 aliphatic heterocycles. The fraction of sp³-hybridized carbons (Fsp3) is 0.0769. The first-order valence-corrected chi connectivity index (χ1v) is 9.09. The summed E-state index contributed by atoms with van der Waals surface area (Å²) in [6, 6.07) is 19.4. The Hall–Kier alpha value is -0.761. The summed E-state index contributed by atoms with van der Waals surface area (Å²) in [5.41, 5.74) is 4.26. The number of benzene rings is 2. The molecule has 0 aromatic heterocycles. The summed E-state index contributed by atoms with van der Waals surface area (Å²) in [4.78, 5) is 0. The van der Waals surface area contributed by atoms with Crippen LogP contribution in [-0.2, 0) is 4.44 Å². The van der Waals surface area contributed by atoms with Crippen LogP contribution < -0.4 is 0 Å². The van der Waals surface area contributed by atoms with E-state index in [0.717, 1.165) is 22.5 Å². The molecule has 0 radical (unpaired) electrons. The van der Waals surface area contributed by atoms with Crippen LogP contribution in [0.2, 0.25) is 0 Å². The van der Waals surface area contributed by atoms with E-state index in [1.165, 1.54) is 21.1 Å². The Bertz CT molecular complexity index is 407. The van der Waals surface area contributed by atoms with Crippen LogP contribution in [0.3, 0.4) is 0 Å². The zero-order valence-electron chi connectivity index (χ0n) is 8.40. The van der Waals surface area contributed by atoms with E-state index in [1.54, 1.807) is 0 Å². The quantitative estimate of drug-likeness (QED) is 0.744. The minimum absolute atomic E-state index is 0.730. The molecule has 70 valence electrons. The Balaban J connectivity index is 2.51. The Morgan fingerprint density at radius 3 is 2.14 bits per heavy atom. The first kappa shape index (κ1) is 9.78. The predicted octanol–water partition coefficient (Wildman–Crippen LogP) is 2.22. The van der Waals surface area contributed by atoms with Gasteiger partial charge in [0.05, 0.1) is 0 Å². The molecule has 0 saturated heterocycles. The summed E-state index contributed by atoms with van der Waals surface area (Å²) in [5, 5.41) is 0. The van der Waals surface area contributed by atoms with Gasteiger partial charge in [-0.2, -0.15) is 0 Å². The van der Waals surface area contributed by atoms with E-state index in [1.807, 2.05) is 0 Å². The van der Waals surface area contributed by atoms with E-state index in [9.17, 15) is 0 Å². The standard InChI is InChI=1S/C13H11.Sn.3H/c1-11-7-5-6-10-13(11)12-8-3-2-4-9-12;;;;/h2-10H,1H2;;;;. The van der Waals surface area contributed by atoms with Gasteiger partial charge in [-0.1, -0.05) is 0 Å². The van der Waals surface area contributed by atoms with Crippen LogP contribution in [0.5, 0.6) is 0 Å². The number of rotatable bonds is 2.